The van der Waals surface area contributed by atoms with Crippen molar-refractivity contribution in [1.82, 2.24) is 0 Å². The van der Waals surface area contributed by atoms with Crippen molar-refractivity contribution in [3.8, 4) is 0 Å². The molecule has 86 valence electrons. The highest BCUT2D eigenvalue weighted by Crippen LogP contribution is 2.26. The Morgan fingerprint density at radius 1 is 0.929 bits per heavy atom. The van der Waals surface area contributed by atoms with Gasteiger partial charge in [0.05, 0.1) is 0 Å². The molecule has 0 aromatic carbocycles. The second-order valence-corrected chi connectivity index (χ2v) is 6.86. The second kappa shape index (κ2) is 6.56. The summed E-state index contributed by atoms with van der Waals surface area (Å²) in [4.78, 5) is 0. The molecule has 0 aliphatic rings. The van der Waals surface area contributed by atoms with Gasteiger partial charge in [-0.2, -0.15) is 0 Å². The van der Waals surface area contributed by atoms with Gasteiger partial charge in [-0.3, -0.25) is 0 Å². The molecule has 0 rings (SSSR count). The van der Waals surface area contributed by atoms with E-state index in [4.69, 9.17) is 13.3 Å². The summed E-state index contributed by atoms with van der Waals surface area (Å²) in [5.41, 5.74) is 0. The Labute approximate surface area is 89.1 Å². The van der Waals surface area contributed by atoms with Gasteiger partial charge in [-0.1, -0.05) is 27.2 Å². The molecule has 0 heterocycles. The summed E-state index contributed by atoms with van der Waals surface area (Å²) in [5.74, 6) is 1.26. The van der Waals surface area contributed by atoms with Crippen LogP contribution >= 0.6 is 0 Å². The Morgan fingerprint density at radius 2 is 1.36 bits per heavy atom. The van der Waals surface area contributed by atoms with Crippen LogP contribution in [0.15, 0.2) is 0 Å². The van der Waals surface area contributed by atoms with Crippen LogP contribution in [0.1, 0.15) is 27.2 Å². The van der Waals surface area contributed by atoms with Crippen LogP contribution in [0.2, 0.25) is 6.04 Å². The molecule has 0 aromatic rings. The van der Waals surface area contributed by atoms with E-state index in [0.29, 0.717) is 11.8 Å². The third-order valence-electron chi connectivity index (χ3n) is 3.12. The minimum absolute atomic E-state index is 0.575. The molecule has 0 bridgehead atoms. The van der Waals surface area contributed by atoms with Gasteiger partial charge >= 0.3 is 8.80 Å². The molecular weight excluding hydrogens is 196 g/mol. The first-order chi connectivity index (χ1) is 6.55. The molecule has 3 nitrogen and oxygen atoms in total. The largest absolute Gasteiger partial charge is 0.500 e. The molecule has 0 spiro atoms. The van der Waals surface area contributed by atoms with Crippen molar-refractivity contribution in [1.29, 1.82) is 0 Å². The maximum absolute atomic E-state index is 5.40. The summed E-state index contributed by atoms with van der Waals surface area (Å²) in [5, 5.41) is 0. The minimum atomic E-state index is -2.36. The normalized spacial score (nSPS) is 16.7. The quantitative estimate of drug-likeness (QED) is 0.617. The summed E-state index contributed by atoms with van der Waals surface area (Å²) in [6.07, 6.45) is 1.18. The molecule has 0 saturated carbocycles. The van der Waals surface area contributed by atoms with Gasteiger partial charge in [-0.25, -0.2) is 0 Å². The molecule has 0 fully saturated rings. The second-order valence-electron chi connectivity index (χ2n) is 3.86. The molecule has 14 heavy (non-hydrogen) atoms. The van der Waals surface area contributed by atoms with Crippen LogP contribution < -0.4 is 0 Å². The maximum Gasteiger partial charge on any atom is 0.500 e. The van der Waals surface area contributed by atoms with Gasteiger partial charge in [0.1, 0.15) is 0 Å². The van der Waals surface area contributed by atoms with Crippen molar-refractivity contribution in [3.05, 3.63) is 0 Å². The topological polar surface area (TPSA) is 27.7 Å². The fourth-order valence-electron chi connectivity index (χ4n) is 1.50. The summed E-state index contributed by atoms with van der Waals surface area (Å²) >= 11 is 0. The van der Waals surface area contributed by atoms with E-state index in [0.717, 1.165) is 6.04 Å². The van der Waals surface area contributed by atoms with E-state index >= 15 is 0 Å². The van der Waals surface area contributed by atoms with E-state index in [9.17, 15) is 0 Å². The third kappa shape index (κ3) is 3.69. The van der Waals surface area contributed by atoms with Crippen LogP contribution in [-0.4, -0.2) is 30.1 Å². The Hall–Kier alpha value is 0.0969. The van der Waals surface area contributed by atoms with Crippen LogP contribution in [0.25, 0.3) is 0 Å². The standard InChI is InChI=1S/C10H24O3Si/c1-7-9(2)10(3)8-14(11-4,12-5)13-6/h9-10H,7-8H2,1-6H3. The Bertz CT molecular complexity index is 140. The van der Waals surface area contributed by atoms with Gasteiger partial charge in [0.15, 0.2) is 0 Å². The molecule has 0 aliphatic carbocycles. The van der Waals surface area contributed by atoms with Crippen molar-refractivity contribution in [3.63, 3.8) is 0 Å². The predicted molar refractivity (Wildman–Crippen MR) is 60.2 cm³/mol. The molecule has 0 N–H and O–H groups in total. The van der Waals surface area contributed by atoms with Gasteiger partial charge in [0.25, 0.3) is 0 Å². The van der Waals surface area contributed by atoms with E-state index in [1.807, 2.05) is 0 Å². The molecule has 0 aliphatic heterocycles. The molecule has 0 amide bonds. The molecule has 2 unspecified atom stereocenters. The Balaban J connectivity index is 4.28. The first-order valence-electron chi connectivity index (χ1n) is 5.20. The molecular formula is C10H24O3Si. The van der Waals surface area contributed by atoms with Crippen LogP contribution in [0.5, 0.6) is 0 Å². The molecule has 0 aromatic heterocycles. The molecule has 4 heteroatoms. The van der Waals surface area contributed by atoms with Gasteiger partial charge in [-0.15, -0.1) is 0 Å². The highest BCUT2D eigenvalue weighted by molar-refractivity contribution is 6.60. The van der Waals surface area contributed by atoms with Crippen molar-refractivity contribution < 1.29 is 13.3 Å². The zero-order chi connectivity index (χ0) is 11.2. The van der Waals surface area contributed by atoms with E-state index in [1.54, 1.807) is 21.3 Å². The lowest BCUT2D eigenvalue weighted by Crippen LogP contribution is -2.44. The maximum atomic E-state index is 5.40. The molecule has 2 atom stereocenters. The zero-order valence-corrected chi connectivity index (χ0v) is 11.3. The fraction of sp³-hybridized carbons (Fsp3) is 1.00. The summed E-state index contributed by atoms with van der Waals surface area (Å²) in [7, 11) is 2.65. The summed E-state index contributed by atoms with van der Waals surface area (Å²) < 4.78 is 16.2. The summed E-state index contributed by atoms with van der Waals surface area (Å²) in [6.45, 7) is 6.69. The van der Waals surface area contributed by atoms with Crippen LogP contribution in [0, 0.1) is 11.8 Å². The lowest BCUT2D eigenvalue weighted by Gasteiger charge is -2.29. The lowest BCUT2D eigenvalue weighted by atomic mass is 9.96. The van der Waals surface area contributed by atoms with E-state index in [-0.39, 0.29) is 0 Å². The monoisotopic (exact) mass is 220 g/mol. The highest BCUT2D eigenvalue weighted by atomic mass is 28.4. The van der Waals surface area contributed by atoms with Crippen LogP contribution in [0.4, 0.5) is 0 Å². The van der Waals surface area contributed by atoms with Crippen molar-refractivity contribution in [2.75, 3.05) is 21.3 Å². The molecule has 0 saturated heterocycles. The smallest absolute Gasteiger partial charge is 0.377 e. The van der Waals surface area contributed by atoms with E-state index in [1.165, 1.54) is 6.42 Å². The summed E-state index contributed by atoms with van der Waals surface area (Å²) in [6, 6.07) is 0.894. The van der Waals surface area contributed by atoms with Gasteiger partial charge in [0, 0.05) is 27.4 Å². The average molecular weight is 220 g/mol. The van der Waals surface area contributed by atoms with E-state index in [2.05, 4.69) is 20.8 Å². The first-order valence-corrected chi connectivity index (χ1v) is 7.13. The average Bonchev–Trinajstić information content (AvgIpc) is 2.24. The number of rotatable bonds is 7. The number of hydrogen-bond acceptors (Lipinski definition) is 3. The Morgan fingerprint density at radius 3 is 1.64 bits per heavy atom. The lowest BCUT2D eigenvalue weighted by molar-refractivity contribution is 0.115. The van der Waals surface area contributed by atoms with Crippen LogP contribution in [0.3, 0.4) is 0 Å². The predicted octanol–water partition coefficient (Wildman–Crippen LogP) is 2.55. The third-order valence-corrected chi connectivity index (χ3v) is 6.13. The SMILES string of the molecule is CCC(C)C(C)C[Si](OC)(OC)OC. The first kappa shape index (κ1) is 14.1. The van der Waals surface area contributed by atoms with Gasteiger partial charge in [-0.05, 0) is 11.8 Å². The highest BCUT2D eigenvalue weighted by Gasteiger charge is 2.40. The Kier molecular flexibility index (Phi) is 6.60. The van der Waals surface area contributed by atoms with Gasteiger partial charge in [0.2, 0.25) is 0 Å². The van der Waals surface area contributed by atoms with Crippen LogP contribution in [-0.2, 0) is 13.3 Å². The zero-order valence-electron chi connectivity index (χ0n) is 10.3. The fourth-order valence-corrected chi connectivity index (χ4v) is 3.69. The minimum Gasteiger partial charge on any atom is -0.377 e. The van der Waals surface area contributed by atoms with E-state index < -0.39 is 8.80 Å². The van der Waals surface area contributed by atoms with Crippen molar-refractivity contribution in [2.24, 2.45) is 11.8 Å². The van der Waals surface area contributed by atoms with Crippen molar-refractivity contribution >= 4 is 8.80 Å². The van der Waals surface area contributed by atoms with Gasteiger partial charge < -0.3 is 13.3 Å². The van der Waals surface area contributed by atoms with Crippen molar-refractivity contribution in [2.45, 2.75) is 33.2 Å². The number of hydrogen-bond donors (Lipinski definition) is 0. The molecule has 0 radical (unpaired) electrons.